The van der Waals surface area contributed by atoms with Gasteiger partial charge in [0, 0.05) is 23.7 Å². The number of anilines is 1. The van der Waals surface area contributed by atoms with Gasteiger partial charge in [0.15, 0.2) is 0 Å². The SMILES string of the molecule is CS1(N(F)N2CCCCC2)c2cc(C(=O)Nc3ccc(OC(F)(F)F)cc3)sc21. The molecule has 2 aliphatic rings. The van der Waals surface area contributed by atoms with Crippen LogP contribution in [0.25, 0.3) is 0 Å². The minimum atomic E-state index is -4.76. The number of thiophene rings is 1. The van der Waals surface area contributed by atoms with Crippen LogP contribution in [0, 0.1) is 0 Å². The van der Waals surface area contributed by atoms with Crippen molar-refractivity contribution in [2.75, 3.05) is 24.7 Å². The van der Waals surface area contributed by atoms with Gasteiger partial charge in [-0.25, -0.2) is 5.01 Å². The monoisotopic (exact) mass is 449 g/mol. The minimum Gasteiger partial charge on any atom is -0.406 e. The molecule has 0 bridgehead atoms. The van der Waals surface area contributed by atoms with Crippen LogP contribution in [-0.2, 0) is 0 Å². The van der Waals surface area contributed by atoms with E-state index in [0.717, 1.165) is 45.1 Å². The van der Waals surface area contributed by atoms with E-state index in [-0.39, 0.29) is 11.7 Å². The first-order valence-electron chi connectivity index (χ1n) is 8.99. The van der Waals surface area contributed by atoms with E-state index in [2.05, 4.69) is 10.1 Å². The molecule has 1 amide bonds. The Kier molecular flexibility index (Phi) is 5.26. The quantitative estimate of drug-likeness (QED) is 0.368. The van der Waals surface area contributed by atoms with E-state index in [1.807, 2.05) is 6.26 Å². The Morgan fingerprint density at radius 1 is 1.21 bits per heavy atom. The number of nitrogens with zero attached hydrogens (tertiary/aromatic N) is 2. The molecule has 158 valence electrons. The fourth-order valence-corrected chi connectivity index (χ4v) is 8.16. The number of carbonyl (C=O) groups excluding carboxylic acids is 1. The van der Waals surface area contributed by atoms with Gasteiger partial charge in [-0.15, -0.1) is 29.0 Å². The molecule has 1 unspecified atom stereocenters. The number of hydrogen-bond acceptors (Lipinski definition) is 5. The molecule has 2 aliphatic heterocycles. The highest BCUT2D eigenvalue weighted by molar-refractivity contribution is 8.37. The number of hydrazine groups is 1. The van der Waals surface area contributed by atoms with Gasteiger partial charge in [0.25, 0.3) is 5.91 Å². The summed E-state index contributed by atoms with van der Waals surface area (Å²) in [7, 11) is -1.79. The molecular formula is C18H19F4N3O2S2. The topological polar surface area (TPSA) is 44.8 Å². The fraction of sp³-hybridized carbons (Fsp3) is 0.389. The number of alkyl halides is 3. The van der Waals surface area contributed by atoms with Crippen molar-refractivity contribution < 1.29 is 27.2 Å². The number of carbonyl (C=O) groups is 1. The molecule has 11 heteroatoms. The van der Waals surface area contributed by atoms with Gasteiger partial charge < -0.3 is 10.1 Å². The minimum absolute atomic E-state index is 0.345. The molecular weight excluding hydrogens is 430 g/mol. The molecule has 0 spiro atoms. The number of halogens is 4. The zero-order valence-electron chi connectivity index (χ0n) is 15.5. The summed E-state index contributed by atoms with van der Waals surface area (Å²) in [6.45, 7) is 1.41. The number of fused-ring (bicyclic) bond motifs is 1. The second-order valence-corrected chi connectivity index (χ2v) is 11.1. The Morgan fingerprint density at radius 3 is 2.41 bits per heavy atom. The summed E-state index contributed by atoms with van der Waals surface area (Å²) >= 11 is 1.26. The summed E-state index contributed by atoms with van der Waals surface area (Å²) in [6, 6.07) is 6.62. The number of ether oxygens (including phenoxy) is 1. The van der Waals surface area contributed by atoms with E-state index >= 15 is 0 Å². The standard InChI is InChI=1S/C18H19F4N3O2S2/c1-29(25(22)24-9-3-2-4-10-24)15-11-14(28-17(15)29)16(26)23-12-5-7-13(8-6-12)27-18(19,20)21/h5-8,11H,2-4,9-10H2,1H3,(H,23,26). The van der Waals surface area contributed by atoms with Gasteiger partial charge in [-0.05, 0) is 54.1 Å². The van der Waals surface area contributed by atoms with Gasteiger partial charge in [-0.2, -0.15) is 0 Å². The summed E-state index contributed by atoms with van der Waals surface area (Å²) in [5.74, 6) is -0.741. The van der Waals surface area contributed by atoms with Crippen molar-refractivity contribution in [2.24, 2.45) is 0 Å². The van der Waals surface area contributed by atoms with Gasteiger partial charge in [-0.1, -0.05) is 16.6 Å². The van der Waals surface area contributed by atoms with Gasteiger partial charge in [0.2, 0.25) is 0 Å². The molecule has 1 N–H and O–H groups in total. The van der Waals surface area contributed by atoms with E-state index in [1.165, 1.54) is 23.5 Å². The van der Waals surface area contributed by atoms with Gasteiger partial charge in [0.1, 0.15) is 5.75 Å². The molecule has 1 aromatic carbocycles. The lowest BCUT2D eigenvalue weighted by atomic mass is 10.2. The summed E-state index contributed by atoms with van der Waals surface area (Å²) < 4.78 is 57.1. The molecule has 0 aliphatic carbocycles. The number of amides is 1. The van der Waals surface area contributed by atoms with E-state index in [9.17, 15) is 22.4 Å². The smallest absolute Gasteiger partial charge is 0.406 e. The summed E-state index contributed by atoms with van der Waals surface area (Å²) in [5, 5.41) is 4.38. The average Bonchev–Trinajstić information content (AvgIpc) is 3.04. The summed E-state index contributed by atoms with van der Waals surface area (Å²) in [5.41, 5.74) is 0.345. The highest BCUT2D eigenvalue weighted by Crippen LogP contribution is 2.82. The second-order valence-electron chi connectivity index (χ2n) is 6.90. The number of benzene rings is 1. The van der Waals surface area contributed by atoms with Crippen LogP contribution >= 0.6 is 21.6 Å². The normalized spacial score (nSPS) is 23.9. The molecule has 29 heavy (non-hydrogen) atoms. The predicted octanol–water partition coefficient (Wildman–Crippen LogP) is 5.57. The summed E-state index contributed by atoms with van der Waals surface area (Å²) in [4.78, 5) is 13.7. The van der Waals surface area contributed by atoms with Gasteiger partial charge >= 0.3 is 6.36 Å². The molecule has 1 saturated heterocycles. The molecule has 0 saturated carbocycles. The van der Waals surface area contributed by atoms with Gasteiger partial charge in [0.05, 0.1) is 9.09 Å². The predicted molar refractivity (Wildman–Crippen MR) is 104 cm³/mol. The third-order valence-corrected chi connectivity index (χ3v) is 9.87. The lowest BCUT2D eigenvalue weighted by molar-refractivity contribution is -0.274. The maximum Gasteiger partial charge on any atom is 0.573 e. The maximum absolute atomic E-state index is 14.9. The molecule has 5 nitrogen and oxygen atoms in total. The highest BCUT2D eigenvalue weighted by atomic mass is 32.3. The van der Waals surface area contributed by atoms with Crippen LogP contribution in [0.5, 0.6) is 5.75 Å². The first-order chi connectivity index (χ1) is 13.7. The Bertz CT molecular complexity index is 889. The maximum atomic E-state index is 14.9. The van der Waals surface area contributed by atoms with Gasteiger partial charge in [-0.3, -0.25) is 4.79 Å². The Morgan fingerprint density at radius 2 is 1.86 bits per heavy atom. The lowest BCUT2D eigenvalue weighted by Crippen LogP contribution is -2.39. The molecule has 2 aromatic rings. The van der Waals surface area contributed by atoms with Crippen LogP contribution in [0.1, 0.15) is 28.9 Å². The largest absolute Gasteiger partial charge is 0.573 e. The molecule has 0 radical (unpaired) electrons. The van der Waals surface area contributed by atoms with Crippen LogP contribution in [0.3, 0.4) is 0 Å². The van der Waals surface area contributed by atoms with Crippen LogP contribution in [-0.4, -0.2) is 41.3 Å². The molecule has 4 rings (SSSR count). The number of hydrogen-bond donors (Lipinski definition) is 1. The zero-order chi connectivity index (χ0) is 20.8. The second kappa shape index (κ2) is 7.46. The van der Waals surface area contributed by atoms with Crippen molar-refractivity contribution in [3.63, 3.8) is 0 Å². The van der Waals surface area contributed by atoms with Crippen LogP contribution < -0.4 is 10.1 Å². The number of piperidine rings is 1. The Hall–Kier alpha value is -1.82. The summed E-state index contributed by atoms with van der Waals surface area (Å²) in [6.07, 6.45) is 0.183. The van der Waals surface area contributed by atoms with Crippen molar-refractivity contribution in [3.8, 4) is 5.75 Å². The van der Waals surface area contributed by atoms with Crippen molar-refractivity contribution in [1.29, 1.82) is 0 Å². The third kappa shape index (κ3) is 4.09. The van der Waals surface area contributed by atoms with Crippen LogP contribution in [0.4, 0.5) is 23.3 Å². The Balaban J connectivity index is 1.38. The lowest BCUT2D eigenvalue weighted by Gasteiger charge is -2.36. The van der Waals surface area contributed by atoms with Crippen molar-refractivity contribution >= 4 is 33.1 Å². The fourth-order valence-electron chi connectivity index (χ4n) is 3.29. The molecule has 1 fully saturated rings. The van der Waals surface area contributed by atoms with Crippen LogP contribution in [0.15, 0.2) is 39.4 Å². The first kappa shape index (κ1) is 20.5. The average molecular weight is 449 g/mol. The highest BCUT2D eigenvalue weighted by Gasteiger charge is 2.52. The Labute approximate surface area is 170 Å². The number of nitrogens with one attached hydrogen (secondary N) is 1. The van der Waals surface area contributed by atoms with E-state index < -0.39 is 16.6 Å². The zero-order valence-corrected chi connectivity index (χ0v) is 17.1. The number of rotatable bonds is 5. The van der Waals surface area contributed by atoms with Crippen molar-refractivity contribution in [3.05, 3.63) is 35.2 Å². The van der Waals surface area contributed by atoms with E-state index in [1.54, 1.807) is 11.1 Å². The van der Waals surface area contributed by atoms with Crippen LogP contribution in [0.2, 0.25) is 0 Å². The van der Waals surface area contributed by atoms with Crippen molar-refractivity contribution in [2.45, 2.75) is 34.7 Å². The molecule has 3 heterocycles. The van der Waals surface area contributed by atoms with E-state index in [4.69, 9.17) is 0 Å². The molecule has 1 aromatic heterocycles. The first-order valence-corrected chi connectivity index (χ1v) is 11.8. The van der Waals surface area contributed by atoms with Crippen molar-refractivity contribution in [1.82, 2.24) is 9.65 Å². The third-order valence-electron chi connectivity index (χ3n) is 4.84. The van der Waals surface area contributed by atoms with E-state index in [0.29, 0.717) is 23.7 Å². The molecule has 1 atom stereocenters.